The molecule has 18 heavy (non-hydrogen) atoms. The Morgan fingerprint density at radius 3 is 2.44 bits per heavy atom. The summed E-state index contributed by atoms with van der Waals surface area (Å²) in [5.41, 5.74) is 6.12. The van der Waals surface area contributed by atoms with E-state index in [0.717, 1.165) is 6.42 Å². The van der Waals surface area contributed by atoms with Crippen LogP contribution in [0.1, 0.15) is 32.9 Å². The zero-order chi connectivity index (χ0) is 13.8. The molecule has 0 aromatic carbocycles. The van der Waals surface area contributed by atoms with Crippen molar-refractivity contribution in [2.75, 3.05) is 6.54 Å². The van der Waals surface area contributed by atoms with Crippen LogP contribution in [0.2, 0.25) is 0 Å². The van der Waals surface area contributed by atoms with Crippen molar-refractivity contribution in [1.82, 2.24) is 9.29 Å². The van der Waals surface area contributed by atoms with E-state index in [9.17, 15) is 8.42 Å². The lowest BCUT2D eigenvalue weighted by molar-refractivity contribution is 0.354. The lowest BCUT2D eigenvalue weighted by atomic mass is 10.3. The minimum Gasteiger partial charge on any atom is -0.325 e. The summed E-state index contributed by atoms with van der Waals surface area (Å²) in [6, 6.07) is 3.15. The predicted molar refractivity (Wildman–Crippen MR) is 71.4 cm³/mol. The van der Waals surface area contributed by atoms with E-state index in [1.54, 1.807) is 12.1 Å². The molecule has 0 aliphatic heterocycles. The van der Waals surface area contributed by atoms with E-state index < -0.39 is 10.0 Å². The molecule has 0 atom stereocenters. The van der Waals surface area contributed by atoms with Crippen molar-refractivity contribution in [1.29, 1.82) is 0 Å². The minimum absolute atomic E-state index is 0.0656. The SMILES string of the molecule is CCCN(C(C)C)S(=O)(=O)c1ccc(CN)nc1. The first-order valence-corrected chi connectivity index (χ1v) is 7.54. The third-order valence-electron chi connectivity index (χ3n) is 2.63. The fourth-order valence-electron chi connectivity index (χ4n) is 1.70. The van der Waals surface area contributed by atoms with Gasteiger partial charge >= 0.3 is 0 Å². The Bertz CT molecular complexity index is 469. The van der Waals surface area contributed by atoms with Gasteiger partial charge in [-0.25, -0.2) is 8.42 Å². The monoisotopic (exact) mass is 271 g/mol. The first kappa shape index (κ1) is 15.1. The average molecular weight is 271 g/mol. The van der Waals surface area contributed by atoms with E-state index in [4.69, 9.17) is 5.73 Å². The molecule has 6 heteroatoms. The van der Waals surface area contributed by atoms with Crippen molar-refractivity contribution in [2.24, 2.45) is 5.73 Å². The van der Waals surface area contributed by atoms with Gasteiger partial charge in [-0.1, -0.05) is 6.92 Å². The third kappa shape index (κ3) is 3.28. The van der Waals surface area contributed by atoms with E-state index >= 15 is 0 Å². The van der Waals surface area contributed by atoms with Crippen LogP contribution >= 0.6 is 0 Å². The van der Waals surface area contributed by atoms with Gasteiger partial charge in [0, 0.05) is 25.3 Å². The zero-order valence-corrected chi connectivity index (χ0v) is 11.9. The van der Waals surface area contributed by atoms with E-state index in [-0.39, 0.29) is 10.9 Å². The molecule has 0 bridgehead atoms. The Labute approximate surface area is 109 Å². The van der Waals surface area contributed by atoms with Gasteiger partial charge in [-0.15, -0.1) is 0 Å². The van der Waals surface area contributed by atoms with Gasteiger partial charge in [0.1, 0.15) is 4.90 Å². The number of rotatable bonds is 6. The number of nitrogens with zero attached hydrogens (tertiary/aromatic N) is 2. The van der Waals surface area contributed by atoms with Crippen LogP contribution in [0.25, 0.3) is 0 Å². The number of nitrogens with two attached hydrogens (primary N) is 1. The van der Waals surface area contributed by atoms with Crippen molar-refractivity contribution in [3.8, 4) is 0 Å². The number of sulfonamides is 1. The fraction of sp³-hybridized carbons (Fsp3) is 0.583. The topological polar surface area (TPSA) is 76.3 Å². The van der Waals surface area contributed by atoms with Crippen LogP contribution in [-0.4, -0.2) is 30.3 Å². The molecule has 102 valence electrons. The molecule has 2 N–H and O–H groups in total. The van der Waals surface area contributed by atoms with E-state index in [1.165, 1.54) is 10.5 Å². The van der Waals surface area contributed by atoms with Crippen molar-refractivity contribution >= 4 is 10.0 Å². The second-order valence-corrected chi connectivity index (χ2v) is 6.29. The normalized spacial score (nSPS) is 12.3. The number of hydrogen-bond donors (Lipinski definition) is 1. The first-order chi connectivity index (χ1) is 8.43. The first-order valence-electron chi connectivity index (χ1n) is 6.10. The molecule has 0 fully saturated rings. The van der Waals surface area contributed by atoms with Crippen molar-refractivity contribution in [3.05, 3.63) is 24.0 Å². The second kappa shape index (κ2) is 6.26. The standard InChI is InChI=1S/C12H21N3O2S/c1-4-7-15(10(2)3)18(16,17)12-6-5-11(8-13)14-9-12/h5-6,9-10H,4,7-8,13H2,1-3H3. The summed E-state index contributed by atoms with van der Waals surface area (Å²) >= 11 is 0. The molecule has 1 aromatic heterocycles. The summed E-state index contributed by atoms with van der Waals surface area (Å²) in [6.07, 6.45) is 2.16. The molecule has 1 aromatic rings. The van der Waals surface area contributed by atoms with Crippen LogP contribution in [0.4, 0.5) is 0 Å². The Hall–Kier alpha value is -0.980. The average Bonchev–Trinajstić information content (AvgIpc) is 2.35. The van der Waals surface area contributed by atoms with Gasteiger partial charge in [-0.2, -0.15) is 4.31 Å². The molecular formula is C12H21N3O2S. The molecule has 0 saturated carbocycles. The molecule has 0 saturated heterocycles. The van der Waals surface area contributed by atoms with Gasteiger partial charge in [-0.3, -0.25) is 4.98 Å². The highest BCUT2D eigenvalue weighted by Crippen LogP contribution is 2.18. The van der Waals surface area contributed by atoms with Gasteiger partial charge in [-0.05, 0) is 32.4 Å². The van der Waals surface area contributed by atoms with Crippen LogP contribution < -0.4 is 5.73 Å². The summed E-state index contributed by atoms with van der Waals surface area (Å²) in [4.78, 5) is 4.26. The van der Waals surface area contributed by atoms with Crippen LogP contribution in [0.3, 0.4) is 0 Å². The van der Waals surface area contributed by atoms with Crippen LogP contribution in [0, 0.1) is 0 Å². The van der Waals surface area contributed by atoms with Crippen LogP contribution in [0.5, 0.6) is 0 Å². The lowest BCUT2D eigenvalue weighted by Crippen LogP contribution is -2.37. The Morgan fingerprint density at radius 1 is 1.39 bits per heavy atom. The smallest absolute Gasteiger partial charge is 0.244 e. The molecule has 0 aliphatic rings. The summed E-state index contributed by atoms with van der Waals surface area (Å²) in [6.45, 7) is 6.52. The second-order valence-electron chi connectivity index (χ2n) is 4.40. The van der Waals surface area contributed by atoms with Gasteiger partial charge in [0.25, 0.3) is 0 Å². The van der Waals surface area contributed by atoms with E-state index in [1.807, 2.05) is 20.8 Å². The predicted octanol–water partition coefficient (Wildman–Crippen LogP) is 1.35. The maximum atomic E-state index is 12.4. The third-order valence-corrected chi connectivity index (χ3v) is 4.69. The highest BCUT2D eigenvalue weighted by atomic mass is 32.2. The van der Waals surface area contributed by atoms with Gasteiger partial charge in [0.05, 0.1) is 5.69 Å². The largest absolute Gasteiger partial charge is 0.325 e. The number of aromatic nitrogens is 1. The lowest BCUT2D eigenvalue weighted by Gasteiger charge is -2.25. The van der Waals surface area contributed by atoms with Crippen LogP contribution in [0.15, 0.2) is 23.2 Å². The quantitative estimate of drug-likeness (QED) is 0.847. The fourth-order valence-corrected chi connectivity index (χ4v) is 3.37. The zero-order valence-electron chi connectivity index (χ0n) is 11.1. The Balaban J connectivity index is 3.09. The molecule has 0 aliphatic carbocycles. The number of pyridine rings is 1. The summed E-state index contributed by atoms with van der Waals surface area (Å²) in [5.74, 6) is 0. The highest BCUT2D eigenvalue weighted by molar-refractivity contribution is 7.89. The molecule has 0 spiro atoms. The number of hydrogen-bond acceptors (Lipinski definition) is 4. The molecule has 0 amide bonds. The van der Waals surface area contributed by atoms with Crippen molar-refractivity contribution in [3.63, 3.8) is 0 Å². The summed E-state index contributed by atoms with van der Waals surface area (Å²) < 4.78 is 26.3. The van der Waals surface area contributed by atoms with Crippen molar-refractivity contribution < 1.29 is 8.42 Å². The summed E-state index contributed by atoms with van der Waals surface area (Å²) in [7, 11) is -3.46. The van der Waals surface area contributed by atoms with Crippen molar-refractivity contribution in [2.45, 2.75) is 44.7 Å². The maximum Gasteiger partial charge on any atom is 0.244 e. The van der Waals surface area contributed by atoms with Crippen LogP contribution in [-0.2, 0) is 16.6 Å². The molecule has 1 heterocycles. The minimum atomic E-state index is -3.46. The Morgan fingerprint density at radius 2 is 2.06 bits per heavy atom. The van der Waals surface area contributed by atoms with E-state index in [0.29, 0.717) is 18.8 Å². The van der Waals surface area contributed by atoms with Gasteiger partial charge in [0.2, 0.25) is 10.0 Å². The molecular weight excluding hydrogens is 250 g/mol. The molecule has 0 unspecified atom stereocenters. The molecule has 1 rings (SSSR count). The van der Waals surface area contributed by atoms with E-state index in [2.05, 4.69) is 4.98 Å². The van der Waals surface area contributed by atoms with Gasteiger partial charge in [0.15, 0.2) is 0 Å². The maximum absolute atomic E-state index is 12.4. The Kier molecular flexibility index (Phi) is 5.25. The summed E-state index contributed by atoms with van der Waals surface area (Å²) in [5, 5.41) is 0. The van der Waals surface area contributed by atoms with Gasteiger partial charge < -0.3 is 5.73 Å². The molecule has 0 radical (unpaired) electrons. The highest BCUT2D eigenvalue weighted by Gasteiger charge is 2.26. The molecule has 5 nitrogen and oxygen atoms in total.